The highest BCUT2D eigenvalue weighted by molar-refractivity contribution is 5.49. The lowest BCUT2D eigenvalue weighted by Gasteiger charge is -2.10. The number of rotatable bonds is 3. The maximum Gasteiger partial charge on any atom is 0.416 e. The van der Waals surface area contributed by atoms with Crippen molar-refractivity contribution in [1.29, 1.82) is 0 Å². The number of halogens is 3. The van der Waals surface area contributed by atoms with Crippen molar-refractivity contribution in [1.82, 2.24) is 4.98 Å². The molecule has 0 aliphatic heterocycles. The van der Waals surface area contributed by atoms with Crippen molar-refractivity contribution in [3.63, 3.8) is 0 Å². The van der Waals surface area contributed by atoms with Crippen LogP contribution in [0.3, 0.4) is 0 Å². The van der Waals surface area contributed by atoms with E-state index in [1.807, 2.05) is 0 Å². The van der Waals surface area contributed by atoms with Gasteiger partial charge < -0.3 is 11.1 Å². The van der Waals surface area contributed by atoms with Gasteiger partial charge in [-0.3, -0.25) is 4.98 Å². The van der Waals surface area contributed by atoms with Gasteiger partial charge in [0.05, 0.1) is 17.4 Å². The van der Waals surface area contributed by atoms with Crippen molar-refractivity contribution in [2.24, 2.45) is 0 Å². The fourth-order valence-electron chi connectivity index (χ4n) is 1.57. The molecule has 0 radical (unpaired) electrons. The van der Waals surface area contributed by atoms with Crippen LogP contribution in [-0.2, 0) is 12.7 Å². The van der Waals surface area contributed by atoms with E-state index < -0.39 is 11.7 Å². The first-order chi connectivity index (χ1) is 8.97. The standard InChI is InChI=1S/C13H12F3N3/c14-13(15,16)10-1-3-11(4-2-10)19-7-9-5-6-18-8-12(9)17/h1-6,8,19H,7,17H2. The molecule has 0 atom stereocenters. The molecule has 1 heterocycles. The van der Waals surface area contributed by atoms with Crippen molar-refractivity contribution < 1.29 is 13.2 Å². The second kappa shape index (κ2) is 5.17. The van der Waals surface area contributed by atoms with Gasteiger partial charge in [-0.15, -0.1) is 0 Å². The molecule has 0 saturated heterocycles. The molecule has 0 aliphatic carbocycles. The molecule has 3 nitrogen and oxygen atoms in total. The zero-order valence-corrected chi connectivity index (χ0v) is 9.91. The Balaban J connectivity index is 2.03. The van der Waals surface area contributed by atoms with Gasteiger partial charge in [0.1, 0.15) is 0 Å². The summed E-state index contributed by atoms with van der Waals surface area (Å²) in [5.41, 5.74) is 7.04. The molecule has 100 valence electrons. The van der Waals surface area contributed by atoms with E-state index in [9.17, 15) is 13.2 Å². The van der Waals surface area contributed by atoms with E-state index in [2.05, 4.69) is 10.3 Å². The Kier molecular flexibility index (Phi) is 3.59. The van der Waals surface area contributed by atoms with Crippen LogP contribution >= 0.6 is 0 Å². The molecule has 0 bridgehead atoms. The van der Waals surface area contributed by atoms with Gasteiger partial charge in [0.25, 0.3) is 0 Å². The Morgan fingerprint density at radius 2 is 1.79 bits per heavy atom. The first-order valence-corrected chi connectivity index (χ1v) is 5.56. The van der Waals surface area contributed by atoms with E-state index in [0.717, 1.165) is 17.7 Å². The lowest BCUT2D eigenvalue weighted by Crippen LogP contribution is -2.06. The van der Waals surface area contributed by atoms with Gasteiger partial charge in [0, 0.05) is 18.4 Å². The third-order valence-electron chi connectivity index (χ3n) is 2.64. The Morgan fingerprint density at radius 3 is 2.37 bits per heavy atom. The second-order valence-corrected chi connectivity index (χ2v) is 4.00. The fourth-order valence-corrected chi connectivity index (χ4v) is 1.57. The third kappa shape index (κ3) is 3.37. The van der Waals surface area contributed by atoms with Crippen LogP contribution in [-0.4, -0.2) is 4.98 Å². The highest BCUT2D eigenvalue weighted by Gasteiger charge is 2.29. The molecule has 1 aromatic heterocycles. The largest absolute Gasteiger partial charge is 0.416 e. The number of nitrogens with one attached hydrogen (secondary N) is 1. The van der Waals surface area contributed by atoms with Crippen molar-refractivity contribution in [2.75, 3.05) is 11.1 Å². The maximum atomic E-state index is 12.4. The van der Waals surface area contributed by atoms with Crippen LogP contribution in [0.4, 0.5) is 24.5 Å². The number of hydrogen-bond donors (Lipinski definition) is 2. The number of benzene rings is 1. The quantitative estimate of drug-likeness (QED) is 0.897. The first-order valence-electron chi connectivity index (χ1n) is 5.56. The van der Waals surface area contributed by atoms with Gasteiger partial charge in [-0.2, -0.15) is 13.2 Å². The molecule has 0 amide bonds. The van der Waals surface area contributed by atoms with Gasteiger partial charge in [0.2, 0.25) is 0 Å². The van der Waals surface area contributed by atoms with Crippen LogP contribution in [0.15, 0.2) is 42.7 Å². The second-order valence-electron chi connectivity index (χ2n) is 4.00. The summed E-state index contributed by atoms with van der Waals surface area (Å²) in [5.74, 6) is 0. The number of aromatic nitrogens is 1. The summed E-state index contributed by atoms with van der Waals surface area (Å²) in [6, 6.07) is 6.61. The van der Waals surface area contributed by atoms with Crippen LogP contribution in [0.1, 0.15) is 11.1 Å². The lowest BCUT2D eigenvalue weighted by molar-refractivity contribution is -0.137. The minimum absolute atomic E-state index is 0.430. The van der Waals surface area contributed by atoms with Crippen LogP contribution < -0.4 is 11.1 Å². The molecular weight excluding hydrogens is 255 g/mol. The molecule has 0 fully saturated rings. The molecule has 6 heteroatoms. The van der Waals surface area contributed by atoms with E-state index in [4.69, 9.17) is 5.73 Å². The summed E-state index contributed by atoms with van der Waals surface area (Å²) in [4.78, 5) is 3.86. The summed E-state index contributed by atoms with van der Waals surface area (Å²) >= 11 is 0. The van der Waals surface area contributed by atoms with Gasteiger partial charge in [-0.25, -0.2) is 0 Å². The van der Waals surface area contributed by atoms with Crippen molar-refractivity contribution in [3.8, 4) is 0 Å². The molecule has 1 aromatic carbocycles. The summed E-state index contributed by atoms with van der Waals surface area (Å²) in [7, 11) is 0. The molecule has 0 saturated carbocycles. The molecule has 2 aromatic rings. The van der Waals surface area contributed by atoms with Crippen LogP contribution in [0, 0.1) is 0 Å². The summed E-state index contributed by atoms with van der Waals surface area (Å²) in [5, 5.41) is 3.01. The summed E-state index contributed by atoms with van der Waals surface area (Å²) in [6.07, 6.45) is -1.17. The molecule has 0 unspecified atom stereocenters. The van der Waals surface area contributed by atoms with Gasteiger partial charge in [-0.1, -0.05) is 0 Å². The Labute approximate surface area is 108 Å². The van der Waals surface area contributed by atoms with Crippen molar-refractivity contribution in [2.45, 2.75) is 12.7 Å². The topological polar surface area (TPSA) is 50.9 Å². The third-order valence-corrected chi connectivity index (χ3v) is 2.64. The fraction of sp³-hybridized carbons (Fsp3) is 0.154. The van der Waals surface area contributed by atoms with Crippen molar-refractivity contribution >= 4 is 11.4 Å². The lowest BCUT2D eigenvalue weighted by atomic mass is 10.2. The van der Waals surface area contributed by atoms with E-state index >= 15 is 0 Å². The Bertz CT molecular complexity index is 550. The number of nitrogen functional groups attached to an aromatic ring is 1. The highest BCUT2D eigenvalue weighted by atomic mass is 19.4. The van der Waals surface area contributed by atoms with E-state index in [1.165, 1.54) is 18.3 Å². The number of anilines is 2. The monoisotopic (exact) mass is 267 g/mol. The zero-order valence-electron chi connectivity index (χ0n) is 9.91. The maximum absolute atomic E-state index is 12.4. The number of hydrogen-bond acceptors (Lipinski definition) is 3. The predicted octanol–water partition coefficient (Wildman–Crippen LogP) is 3.29. The van der Waals surface area contributed by atoms with Gasteiger partial charge in [-0.05, 0) is 35.9 Å². The van der Waals surface area contributed by atoms with Crippen molar-refractivity contribution in [3.05, 3.63) is 53.9 Å². The average Bonchev–Trinajstić information content (AvgIpc) is 2.37. The smallest absolute Gasteiger partial charge is 0.397 e. The molecule has 19 heavy (non-hydrogen) atoms. The molecule has 0 spiro atoms. The SMILES string of the molecule is Nc1cnccc1CNc1ccc(C(F)(F)F)cc1. The Hall–Kier alpha value is -2.24. The highest BCUT2D eigenvalue weighted by Crippen LogP contribution is 2.29. The zero-order chi connectivity index (χ0) is 13.9. The molecule has 0 aliphatic rings. The van der Waals surface area contributed by atoms with Crippen LogP contribution in [0.25, 0.3) is 0 Å². The molecule has 3 N–H and O–H groups in total. The van der Waals surface area contributed by atoms with E-state index in [1.54, 1.807) is 12.3 Å². The number of nitrogens with zero attached hydrogens (tertiary/aromatic N) is 1. The Morgan fingerprint density at radius 1 is 1.11 bits per heavy atom. The average molecular weight is 267 g/mol. The first kappa shape index (κ1) is 13.2. The number of nitrogens with two attached hydrogens (primary N) is 1. The normalized spacial score (nSPS) is 11.3. The minimum Gasteiger partial charge on any atom is -0.397 e. The number of alkyl halides is 3. The van der Waals surface area contributed by atoms with E-state index in [0.29, 0.717) is 17.9 Å². The number of pyridine rings is 1. The predicted molar refractivity (Wildman–Crippen MR) is 67.4 cm³/mol. The summed E-state index contributed by atoms with van der Waals surface area (Å²) in [6.45, 7) is 0.430. The van der Waals surface area contributed by atoms with E-state index in [-0.39, 0.29) is 0 Å². The van der Waals surface area contributed by atoms with Crippen LogP contribution in [0.2, 0.25) is 0 Å². The van der Waals surface area contributed by atoms with Crippen LogP contribution in [0.5, 0.6) is 0 Å². The molecular formula is C13H12F3N3. The van der Waals surface area contributed by atoms with Gasteiger partial charge >= 0.3 is 6.18 Å². The summed E-state index contributed by atoms with van der Waals surface area (Å²) < 4.78 is 37.1. The molecule has 2 rings (SSSR count). The van der Waals surface area contributed by atoms with Gasteiger partial charge in [0.15, 0.2) is 0 Å². The minimum atomic E-state index is -4.31.